The van der Waals surface area contributed by atoms with Gasteiger partial charge < -0.3 is 4.90 Å². The van der Waals surface area contributed by atoms with Crippen LogP contribution in [0.25, 0.3) is 0 Å². The van der Waals surface area contributed by atoms with E-state index >= 15 is 0 Å². The van der Waals surface area contributed by atoms with Gasteiger partial charge in [0.2, 0.25) is 0 Å². The smallest absolute Gasteiger partial charge is 0.0876 e. The van der Waals surface area contributed by atoms with Crippen LogP contribution in [0.15, 0.2) is 28.3 Å². The highest BCUT2D eigenvalue weighted by atomic mass is 32.2. The molecule has 10 rings (SSSR count). The fourth-order valence-electron chi connectivity index (χ4n) is 14.4. The van der Waals surface area contributed by atoms with Crippen molar-refractivity contribution in [1.82, 2.24) is 4.90 Å². The van der Waals surface area contributed by atoms with Crippen LogP contribution in [0.3, 0.4) is 0 Å². The third-order valence-corrected chi connectivity index (χ3v) is 18.0. The molecule has 0 amide bonds. The number of thioether (sulfide) groups is 1. The van der Waals surface area contributed by atoms with Gasteiger partial charge in [0.05, 0.1) is 5.70 Å². The molecule has 2 heterocycles. The molecule has 0 radical (unpaired) electrons. The maximum Gasteiger partial charge on any atom is 0.0876 e. The van der Waals surface area contributed by atoms with E-state index < -0.39 is 0 Å². The summed E-state index contributed by atoms with van der Waals surface area (Å²) < 4.78 is 0. The predicted octanol–water partition coefficient (Wildman–Crippen LogP) is 11.1. The quantitative estimate of drug-likeness (QED) is 0.283. The lowest BCUT2D eigenvalue weighted by molar-refractivity contribution is 0.0751. The molecule has 246 valence electrons. The molecule has 0 spiro atoms. The number of hydrogen-bond acceptors (Lipinski definition) is 2. The standard InChI is InChI=1S/C44H59NS/c1-26-15-19-34-36-21-27(2)42-35-12-6-8-14-40(35)45-39-13-7-5-11-32(39)24-33-23-31(30-17-16-28-9-3-4-10-29(28)22-30)18-20-41(33)46-44(26)38(34)25-37(36)43(42)45/h15,19,27-31,33,35-37,40-43H,3-6,8-12,14,16-18,20-25H2,1-2H3/t27?,28?,29?,30?,31?,33?,35?,36?,37?,40?,41?,42-,43?/m0/s1. The number of fused-ring (bicyclic) bond motifs is 7. The van der Waals surface area contributed by atoms with Crippen LogP contribution in [-0.2, 0) is 6.42 Å². The van der Waals surface area contributed by atoms with Gasteiger partial charge in [0.25, 0.3) is 0 Å². The molecule has 2 bridgehead atoms. The van der Waals surface area contributed by atoms with Crippen LogP contribution in [-0.4, -0.2) is 22.2 Å². The van der Waals surface area contributed by atoms with E-state index in [9.17, 15) is 0 Å². The van der Waals surface area contributed by atoms with Crippen molar-refractivity contribution in [2.75, 3.05) is 0 Å². The number of hydrogen-bond donors (Lipinski definition) is 0. The highest BCUT2D eigenvalue weighted by Crippen LogP contribution is 2.62. The molecule has 1 saturated heterocycles. The van der Waals surface area contributed by atoms with E-state index in [0.717, 1.165) is 76.9 Å². The average Bonchev–Trinajstić information content (AvgIpc) is 3.63. The molecule has 46 heavy (non-hydrogen) atoms. The first-order chi connectivity index (χ1) is 22.6. The fourth-order valence-corrected chi connectivity index (χ4v) is 15.9. The maximum atomic E-state index is 3.98. The van der Waals surface area contributed by atoms with Crippen molar-refractivity contribution in [1.29, 1.82) is 0 Å². The zero-order valence-corrected chi connectivity index (χ0v) is 29.8. The van der Waals surface area contributed by atoms with Crippen LogP contribution in [0.2, 0.25) is 0 Å². The molecule has 6 fully saturated rings. The van der Waals surface area contributed by atoms with E-state index in [1.54, 1.807) is 53.8 Å². The minimum Gasteiger partial charge on any atom is -0.358 e. The molecule has 13 atom stereocenters. The Hall–Kier alpha value is -1.33. The second-order valence-corrected chi connectivity index (χ2v) is 19.5. The highest BCUT2D eigenvalue weighted by molar-refractivity contribution is 8.00. The van der Waals surface area contributed by atoms with E-state index in [1.165, 1.54) is 83.5 Å². The van der Waals surface area contributed by atoms with Gasteiger partial charge in [0.1, 0.15) is 0 Å². The molecule has 9 aliphatic rings. The Morgan fingerprint density at radius 1 is 0.761 bits per heavy atom. The summed E-state index contributed by atoms with van der Waals surface area (Å²) in [6.07, 6.45) is 27.5. The Labute approximate surface area is 284 Å². The third kappa shape index (κ3) is 4.62. The van der Waals surface area contributed by atoms with Crippen molar-refractivity contribution >= 4 is 11.8 Å². The summed E-state index contributed by atoms with van der Waals surface area (Å²) in [5.41, 5.74) is 8.57. The third-order valence-electron chi connectivity index (χ3n) is 16.2. The molecule has 2 heteroatoms. The predicted molar refractivity (Wildman–Crippen MR) is 192 cm³/mol. The summed E-state index contributed by atoms with van der Waals surface area (Å²) in [5.74, 6) is 16.8. The van der Waals surface area contributed by atoms with Gasteiger partial charge in [-0.25, -0.2) is 0 Å². The number of nitrogens with zero attached hydrogens (tertiary/aromatic N) is 1. The number of rotatable bonds is 1. The Morgan fingerprint density at radius 2 is 1.52 bits per heavy atom. The minimum atomic E-state index is 0.713. The second kappa shape index (κ2) is 11.6. The lowest BCUT2D eigenvalue weighted by atomic mass is 9.62. The van der Waals surface area contributed by atoms with Crippen LogP contribution in [0.5, 0.6) is 0 Å². The Balaban J connectivity index is 1.06. The van der Waals surface area contributed by atoms with E-state index in [1.807, 2.05) is 11.1 Å². The zero-order chi connectivity index (χ0) is 30.5. The van der Waals surface area contributed by atoms with Crippen molar-refractivity contribution in [2.24, 2.45) is 53.3 Å². The molecule has 1 aromatic carbocycles. The van der Waals surface area contributed by atoms with Crippen LogP contribution >= 0.6 is 11.8 Å². The largest absolute Gasteiger partial charge is 0.358 e. The Bertz CT molecular complexity index is 1460. The van der Waals surface area contributed by atoms with Crippen LogP contribution in [0.1, 0.15) is 145 Å². The van der Waals surface area contributed by atoms with Crippen molar-refractivity contribution in [3.05, 3.63) is 40.1 Å². The van der Waals surface area contributed by atoms with Gasteiger partial charge in [-0.05, 0) is 171 Å². The molecule has 7 aliphatic carbocycles. The summed E-state index contributed by atoms with van der Waals surface area (Å²) >= 11 is 2.39. The van der Waals surface area contributed by atoms with Crippen LogP contribution in [0, 0.1) is 72.0 Å². The van der Waals surface area contributed by atoms with Crippen molar-refractivity contribution in [2.45, 2.75) is 164 Å². The van der Waals surface area contributed by atoms with Gasteiger partial charge in [0.15, 0.2) is 0 Å². The van der Waals surface area contributed by atoms with Crippen LogP contribution in [0.4, 0.5) is 0 Å². The molecule has 0 N–H and O–H groups in total. The van der Waals surface area contributed by atoms with E-state index in [2.05, 4.69) is 54.5 Å². The fraction of sp³-hybridized carbons (Fsp3) is 0.773. The van der Waals surface area contributed by atoms with Gasteiger partial charge in [-0.2, -0.15) is 0 Å². The number of aryl methyl sites for hydroxylation is 1. The lowest BCUT2D eigenvalue weighted by Crippen LogP contribution is -2.47. The van der Waals surface area contributed by atoms with Gasteiger partial charge in [-0.3, -0.25) is 0 Å². The van der Waals surface area contributed by atoms with E-state index in [0.29, 0.717) is 6.04 Å². The van der Waals surface area contributed by atoms with E-state index in [-0.39, 0.29) is 0 Å². The Kier molecular flexibility index (Phi) is 7.48. The van der Waals surface area contributed by atoms with Gasteiger partial charge in [-0.1, -0.05) is 63.5 Å². The highest BCUT2D eigenvalue weighted by Gasteiger charge is 2.60. The summed E-state index contributed by atoms with van der Waals surface area (Å²) in [6, 6.07) is 6.62. The summed E-state index contributed by atoms with van der Waals surface area (Å²) in [6.45, 7) is 5.12. The molecule has 0 aromatic heterocycles. The van der Waals surface area contributed by atoms with Crippen molar-refractivity contribution in [3.8, 4) is 11.8 Å². The average molecular weight is 634 g/mol. The Morgan fingerprint density at radius 3 is 2.43 bits per heavy atom. The topological polar surface area (TPSA) is 3.24 Å². The zero-order valence-electron chi connectivity index (χ0n) is 29.0. The molecule has 1 aromatic rings. The van der Waals surface area contributed by atoms with Crippen molar-refractivity contribution < 1.29 is 0 Å². The first-order valence-electron chi connectivity index (χ1n) is 20.4. The minimum absolute atomic E-state index is 0.713. The number of allylic oxidation sites excluding steroid dienone is 2. The monoisotopic (exact) mass is 633 g/mol. The molecule has 1 nitrogen and oxygen atoms in total. The molecular weight excluding hydrogens is 575 g/mol. The maximum absolute atomic E-state index is 3.98. The molecule has 12 unspecified atom stereocenters. The molecule has 5 saturated carbocycles. The lowest BCUT2D eigenvalue weighted by Gasteiger charge is -2.47. The van der Waals surface area contributed by atoms with E-state index in [4.69, 9.17) is 0 Å². The van der Waals surface area contributed by atoms with Gasteiger partial charge in [-0.15, -0.1) is 11.8 Å². The normalized spacial score (nSPS) is 45.7. The van der Waals surface area contributed by atoms with Gasteiger partial charge in [0, 0.05) is 28.6 Å². The second-order valence-electron chi connectivity index (χ2n) is 18.3. The first-order valence-corrected chi connectivity index (χ1v) is 21.3. The van der Waals surface area contributed by atoms with Crippen LogP contribution < -0.4 is 0 Å². The van der Waals surface area contributed by atoms with Gasteiger partial charge >= 0.3 is 0 Å². The molecule has 2 aliphatic heterocycles. The molecular formula is C44H59NS. The first kappa shape index (κ1) is 29.6. The summed E-state index contributed by atoms with van der Waals surface area (Å²) in [7, 11) is 0. The number of benzene rings is 1. The SMILES string of the molecule is Cc1ccc2c3c1SC1CCC(C4CCC5CCCCC5C4)CC1CC1=C(C#CCC1)N1C4CCCCC4[C@@H]4C(C)CC2C(C3)C41. The summed E-state index contributed by atoms with van der Waals surface area (Å²) in [4.78, 5) is 4.88. The van der Waals surface area contributed by atoms with Crippen molar-refractivity contribution in [3.63, 3.8) is 0 Å². The summed E-state index contributed by atoms with van der Waals surface area (Å²) in [5, 5.41) is 0.779.